The van der Waals surface area contributed by atoms with E-state index in [-0.39, 0.29) is 0 Å². The molecule has 1 nitrogen and oxygen atoms in total. The fourth-order valence-electron chi connectivity index (χ4n) is 0.612. The van der Waals surface area contributed by atoms with E-state index in [1.54, 1.807) is 0 Å². The topological polar surface area (TPSA) is 3.24 Å². The third-order valence-electron chi connectivity index (χ3n) is 1.06. The molecule has 0 aliphatic carbocycles. The Hall–Kier alpha value is -0.600. The van der Waals surface area contributed by atoms with Crippen LogP contribution in [0.3, 0.4) is 0 Å². The highest BCUT2D eigenvalue weighted by molar-refractivity contribution is 7.79. The Morgan fingerprint density at radius 1 is 1.30 bits per heavy atom. The molecular formula is C7H5ClNS. The lowest BCUT2D eigenvalue weighted by molar-refractivity contribution is 1.56. The summed E-state index contributed by atoms with van der Waals surface area (Å²) in [4.78, 5) is 0. The van der Waals surface area contributed by atoms with Crippen molar-refractivity contribution in [2.75, 3.05) is 4.42 Å². The minimum absolute atomic E-state index is 0.833. The van der Waals surface area contributed by atoms with Gasteiger partial charge in [0.15, 0.2) is 5.49 Å². The van der Waals surface area contributed by atoms with E-state index >= 15 is 0 Å². The third-order valence-corrected chi connectivity index (χ3v) is 1.63. The largest absolute Gasteiger partial charge is 0.240 e. The quantitative estimate of drug-likeness (QED) is 0.381. The average molecular weight is 171 g/mol. The first kappa shape index (κ1) is 7.51. The number of benzene rings is 1. The number of anilines is 1. The lowest BCUT2D eigenvalue weighted by Crippen LogP contribution is -2.03. The van der Waals surface area contributed by atoms with Gasteiger partial charge in [-0.25, -0.2) is 4.42 Å². The first-order valence-corrected chi connectivity index (χ1v) is 3.48. The smallest absolute Gasteiger partial charge is 0.157 e. The second kappa shape index (κ2) is 3.54. The van der Waals surface area contributed by atoms with Crippen LogP contribution in [0.4, 0.5) is 5.69 Å². The summed E-state index contributed by atoms with van der Waals surface area (Å²) < 4.78 is 1.25. The number of para-hydroxylation sites is 1. The number of halogens is 1. The van der Waals surface area contributed by atoms with Crippen LogP contribution >= 0.6 is 24.0 Å². The summed E-state index contributed by atoms with van der Waals surface area (Å²) in [6.07, 6.45) is 0. The second-order valence-electron chi connectivity index (χ2n) is 1.71. The van der Waals surface area contributed by atoms with Gasteiger partial charge < -0.3 is 0 Å². The molecule has 51 valence electrons. The highest BCUT2D eigenvalue weighted by atomic mass is 35.5. The van der Waals surface area contributed by atoms with Crippen LogP contribution in [0.2, 0.25) is 0 Å². The zero-order chi connectivity index (χ0) is 7.40. The van der Waals surface area contributed by atoms with Crippen LogP contribution in [0.15, 0.2) is 30.3 Å². The molecule has 3 heteroatoms. The molecule has 0 atom stereocenters. The molecule has 0 saturated carbocycles. The number of thiocarbonyl (C=S) groups is 1. The van der Waals surface area contributed by atoms with Gasteiger partial charge >= 0.3 is 0 Å². The molecule has 0 spiro atoms. The van der Waals surface area contributed by atoms with Gasteiger partial charge in [-0.05, 0) is 12.1 Å². The van der Waals surface area contributed by atoms with Gasteiger partial charge in [-0.15, -0.1) is 0 Å². The maximum absolute atomic E-state index is 5.61. The minimum Gasteiger partial charge on any atom is -0.240 e. The zero-order valence-corrected chi connectivity index (χ0v) is 6.69. The predicted molar refractivity (Wildman–Crippen MR) is 47.4 cm³/mol. The molecule has 0 aromatic heterocycles. The molecule has 0 N–H and O–H groups in total. The van der Waals surface area contributed by atoms with Crippen LogP contribution in [-0.4, -0.2) is 5.49 Å². The van der Waals surface area contributed by atoms with Crippen LogP contribution < -0.4 is 4.42 Å². The summed E-state index contributed by atoms with van der Waals surface area (Å²) in [6, 6.07) is 9.39. The lowest BCUT2D eigenvalue weighted by atomic mass is 10.3. The van der Waals surface area contributed by atoms with Gasteiger partial charge in [-0.1, -0.05) is 30.4 Å². The van der Waals surface area contributed by atoms with E-state index in [1.165, 1.54) is 4.42 Å². The Morgan fingerprint density at radius 3 is 2.40 bits per heavy atom. The minimum atomic E-state index is 0.833. The molecule has 0 aliphatic heterocycles. The average Bonchev–Trinajstić information content (AvgIpc) is 2.05. The van der Waals surface area contributed by atoms with Crippen molar-refractivity contribution in [1.29, 1.82) is 0 Å². The first-order valence-electron chi connectivity index (χ1n) is 2.73. The van der Waals surface area contributed by atoms with Gasteiger partial charge in [-0.2, -0.15) is 0 Å². The van der Waals surface area contributed by atoms with E-state index in [0.29, 0.717) is 0 Å². The van der Waals surface area contributed by atoms with E-state index in [1.807, 2.05) is 30.3 Å². The molecule has 10 heavy (non-hydrogen) atoms. The summed E-state index contributed by atoms with van der Waals surface area (Å²) >= 11 is 10.1. The number of hydrogen-bond donors (Lipinski definition) is 0. The molecule has 0 bridgehead atoms. The van der Waals surface area contributed by atoms with Crippen molar-refractivity contribution < 1.29 is 0 Å². The number of nitrogens with zero attached hydrogens (tertiary/aromatic N) is 1. The van der Waals surface area contributed by atoms with Crippen LogP contribution in [0.1, 0.15) is 0 Å². The summed E-state index contributed by atoms with van der Waals surface area (Å²) in [5.74, 6) is 0. The Labute approximate surface area is 70.3 Å². The molecule has 1 radical (unpaired) electrons. The fraction of sp³-hybridized carbons (Fsp3) is 0. The van der Waals surface area contributed by atoms with Crippen molar-refractivity contribution in [2.45, 2.75) is 0 Å². The van der Waals surface area contributed by atoms with E-state index in [0.717, 1.165) is 5.69 Å². The molecule has 0 unspecified atom stereocenters. The SMILES string of the molecule is S=[C]N(Cl)c1ccccc1. The number of hydrogen-bond acceptors (Lipinski definition) is 1. The molecule has 0 aliphatic rings. The van der Waals surface area contributed by atoms with Crippen molar-refractivity contribution >= 4 is 35.2 Å². The van der Waals surface area contributed by atoms with Crippen molar-refractivity contribution in [3.63, 3.8) is 0 Å². The molecule has 1 aromatic rings. The molecule has 1 aromatic carbocycles. The Bertz CT molecular complexity index is 212. The van der Waals surface area contributed by atoms with Crippen LogP contribution in [-0.2, 0) is 0 Å². The summed E-state index contributed by atoms with van der Waals surface area (Å²) in [5.41, 5.74) is 3.20. The van der Waals surface area contributed by atoms with Crippen molar-refractivity contribution in [3.05, 3.63) is 30.3 Å². The van der Waals surface area contributed by atoms with Crippen molar-refractivity contribution in [3.8, 4) is 0 Å². The monoisotopic (exact) mass is 170 g/mol. The third kappa shape index (κ3) is 1.69. The van der Waals surface area contributed by atoms with Crippen LogP contribution in [0, 0.1) is 0 Å². The molecule has 0 heterocycles. The van der Waals surface area contributed by atoms with Gasteiger partial charge in [0.2, 0.25) is 0 Å². The highest BCUT2D eigenvalue weighted by Crippen LogP contribution is 2.12. The van der Waals surface area contributed by atoms with Crippen molar-refractivity contribution in [2.24, 2.45) is 0 Å². The fourth-order valence-corrected chi connectivity index (χ4v) is 0.830. The summed E-state index contributed by atoms with van der Waals surface area (Å²) in [5, 5.41) is 0. The van der Waals surface area contributed by atoms with Crippen LogP contribution in [0.5, 0.6) is 0 Å². The summed E-state index contributed by atoms with van der Waals surface area (Å²) in [7, 11) is 0. The Morgan fingerprint density at radius 2 is 1.90 bits per heavy atom. The number of rotatable bonds is 2. The van der Waals surface area contributed by atoms with E-state index in [4.69, 9.17) is 11.8 Å². The van der Waals surface area contributed by atoms with Gasteiger partial charge in [0, 0.05) is 11.8 Å². The zero-order valence-electron chi connectivity index (χ0n) is 5.12. The van der Waals surface area contributed by atoms with Gasteiger partial charge in [-0.3, -0.25) is 0 Å². The molecular weight excluding hydrogens is 166 g/mol. The second-order valence-corrected chi connectivity index (χ2v) is 2.23. The molecule has 0 fully saturated rings. The van der Waals surface area contributed by atoms with Gasteiger partial charge in [0.25, 0.3) is 0 Å². The highest BCUT2D eigenvalue weighted by Gasteiger charge is 1.95. The maximum Gasteiger partial charge on any atom is 0.157 e. The van der Waals surface area contributed by atoms with E-state index in [2.05, 4.69) is 17.7 Å². The van der Waals surface area contributed by atoms with Crippen molar-refractivity contribution in [1.82, 2.24) is 0 Å². The molecule has 0 saturated heterocycles. The standard InChI is InChI=1S/C7H5ClNS/c8-9(6-10)7-4-2-1-3-5-7/h1-5H. The lowest BCUT2D eigenvalue weighted by Gasteiger charge is -2.05. The maximum atomic E-state index is 5.61. The first-order chi connectivity index (χ1) is 4.84. The van der Waals surface area contributed by atoms with E-state index in [9.17, 15) is 0 Å². The van der Waals surface area contributed by atoms with Crippen LogP contribution in [0.25, 0.3) is 0 Å². The van der Waals surface area contributed by atoms with Gasteiger partial charge in [0.05, 0.1) is 5.69 Å². The van der Waals surface area contributed by atoms with E-state index < -0.39 is 0 Å². The Balaban J connectivity index is 2.84. The molecule has 1 rings (SSSR count). The Kier molecular flexibility index (Phi) is 2.66. The predicted octanol–water partition coefficient (Wildman–Crippen LogP) is 2.48. The van der Waals surface area contributed by atoms with Gasteiger partial charge in [0.1, 0.15) is 0 Å². The molecule has 0 amide bonds. The summed E-state index contributed by atoms with van der Waals surface area (Å²) in [6.45, 7) is 0. The normalized spacial score (nSPS) is 8.90.